The lowest BCUT2D eigenvalue weighted by molar-refractivity contribution is -0.130. The summed E-state index contributed by atoms with van der Waals surface area (Å²) in [5, 5.41) is 12.2. The van der Waals surface area contributed by atoms with E-state index in [2.05, 4.69) is 10.2 Å². The van der Waals surface area contributed by atoms with E-state index in [0.717, 1.165) is 29.8 Å². The molecule has 0 spiro atoms. The van der Waals surface area contributed by atoms with Gasteiger partial charge in [-0.15, -0.1) is 0 Å². The van der Waals surface area contributed by atoms with E-state index in [4.69, 9.17) is 28.6 Å². The Kier molecular flexibility index (Phi) is 6.62. The predicted octanol–water partition coefficient (Wildman–Crippen LogP) is 3.28. The third-order valence-corrected chi connectivity index (χ3v) is 6.04. The summed E-state index contributed by atoms with van der Waals surface area (Å²) in [4.78, 5) is 28.0. The Morgan fingerprint density at radius 3 is 2.54 bits per heavy atom. The van der Waals surface area contributed by atoms with Gasteiger partial charge in [0.05, 0.1) is 22.3 Å². The minimum atomic E-state index is -0.238. The summed E-state index contributed by atoms with van der Waals surface area (Å²) >= 11 is 12.4. The van der Waals surface area contributed by atoms with Crippen molar-refractivity contribution in [2.24, 2.45) is 0 Å². The maximum Gasteiger partial charge on any atom is 0.241 e. The maximum atomic E-state index is 12.6. The molecule has 1 amide bonds. The average Bonchev–Trinajstić information content (AvgIpc) is 3.16. The normalized spacial score (nSPS) is 17.1. The van der Waals surface area contributed by atoms with E-state index in [9.17, 15) is 9.59 Å². The second-order valence-electron chi connectivity index (χ2n) is 7.04. The molecule has 0 radical (unpaired) electrons. The van der Waals surface area contributed by atoms with Crippen molar-refractivity contribution < 1.29 is 9.59 Å². The second-order valence-corrected chi connectivity index (χ2v) is 7.82. The minimum absolute atomic E-state index is 0.0185. The highest BCUT2D eigenvalue weighted by Crippen LogP contribution is 2.33. The van der Waals surface area contributed by atoms with Crippen LogP contribution in [0.25, 0.3) is 0 Å². The van der Waals surface area contributed by atoms with E-state index in [-0.39, 0.29) is 23.9 Å². The van der Waals surface area contributed by atoms with Gasteiger partial charge in [0.25, 0.3) is 0 Å². The number of nitrogens with zero attached hydrogens (tertiary/aromatic N) is 2. The average molecular weight is 423 g/mol. The summed E-state index contributed by atoms with van der Waals surface area (Å²) in [5.74, 6) is -0.219. The highest BCUT2D eigenvalue weighted by Gasteiger charge is 2.25. The topological polar surface area (TPSA) is 76.5 Å². The van der Waals surface area contributed by atoms with Gasteiger partial charge in [-0.3, -0.25) is 15.0 Å². The SMILES string of the molecule is CC(=O)C(=N)C1=C(NCC(=O)N2CCN(c3cccc(Cl)c3Cl)CC2)CCC1. The molecule has 150 valence electrons. The second kappa shape index (κ2) is 8.97. The van der Waals surface area contributed by atoms with E-state index in [1.807, 2.05) is 17.0 Å². The molecule has 0 aromatic heterocycles. The number of nitrogens with one attached hydrogen (secondary N) is 2. The molecule has 1 aromatic carbocycles. The van der Waals surface area contributed by atoms with Gasteiger partial charge >= 0.3 is 0 Å². The third kappa shape index (κ3) is 4.50. The zero-order chi connectivity index (χ0) is 20.3. The molecule has 2 aliphatic rings. The molecule has 1 heterocycles. The van der Waals surface area contributed by atoms with E-state index < -0.39 is 0 Å². The van der Waals surface area contributed by atoms with Crippen LogP contribution in [0.3, 0.4) is 0 Å². The first kappa shape index (κ1) is 20.7. The zero-order valence-corrected chi connectivity index (χ0v) is 17.4. The largest absolute Gasteiger partial charge is 0.379 e. The molecule has 1 fully saturated rings. The first-order valence-electron chi connectivity index (χ1n) is 9.41. The van der Waals surface area contributed by atoms with Crippen molar-refractivity contribution in [1.29, 1.82) is 5.41 Å². The molecule has 2 N–H and O–H groups in total. The number of carbonyl (C=O) groups excluding carboxylic acids is 2. The number of hydrogen-bond acceptors (Lipinski definition) is 5. The van der Waals surface area contributed by atoms with Gasteiger partial charge in [-0.05, 0) is 37.0 Å². The number of ketones is 1. The molecule has 1 aliphatic heterocycles. The van der Waals surface area contributed by atoms with Gasteiger partial charge in [0.2, 0.25) is 5.91 Å². The van der Waals surface area contributed by atoms with Crippen molar-refractivity contribution in [2.45, 2.75) is 26.2 Å². The molecular weight excluding hydrogens is 399 g/mol. The van der Waals surface area contributed by atoms with Gasteiger partial charge in [0, 0.05) is 38.8 Å². The van der Waals surface area contributed by atoms with Crippen LogP contribution >= 0.6 is 23.2 Å². The molecule has 3 rings (SSSR count). The van der Waals surface area contributed by atoms with Gasteiger partial charge in [0.1, 0.15) is 5.71 Å². The number of allylic oxidation sites excluding steroid dienone is 2. The predicted molar refractivity (Wildman–Crippen MR) is 113 cm³/mol. The molecule has 1 saturated heterocycles. The lowest BCUT2D eigenvalue weighted by Gasteiger charge is -2.36. The molecular formula is C20H24Cl2N4O2. The Hall–Kier alpha value is -2.05. The summed E-state index contributed by atoms with van der Waals surface area (Å²) in [7, 11) is 0. The van der Waals surface area contributed by atoms with Crippen LogP contribution in [0.15, 0.2) is 29.5 Å². The first-order chi connectivity index (χ1) is 13.4. The summed E-state index contributed by atoms with van der Waals surface area (Å²) in [6, 6.07) is 5.57. The summed E-state index contributed by atoms with van der Waals surface area (Å²) in [6.07, 6.45) is 2.40. The molecule has 0 unspecified atom stereocenters. The van der Waals surface area contributed by atoms with Crippen LogP contribution in [0.2, 0.25) is 10.0 Å². The summed E-state index contributed by atoms with van der Waals surface area (Å²) < 4.78 is 0. The molecule has 1 aliphatic carbocycles. The third-order valence-electron chi connectivity index (χ3n) is 5.23. The van der Waals surface area contributed by atoms with Gasteiger partial charge in [0.15, 0.2) is 5.78 Å². The fourth-order valence-electron chi connectivity index (χ4n) is 3.65. The van der Waals surface area contributed by atoms with Crippen LogP contribution < -0.4 is 10.2 Å². The van der Waals surface area contributed by atoms with E-state index in [1.165, 1.54) is 6.92 Å². The van der Waals surface area contributed by atoms with E-state index >= 15 is 0 Å². The highest BCUT2D eigenvalue weighted by atomic mass is 35.5. The van der Waals surface area contributed by atoms with Crippen LogP contribution in [-0.4, -0.2) is 55.0 Å². The monoisotopic (exact) mass is 422 g/mol. The number of anilines is 1. The van der Waals surface area contributed by atoms with Gasteiger partial charge < -0.3 is 15.1 Å². The fourth-order valence-corrected chi connectivity index (χ4v) is 4.07. The Bertz CT molecular complexity index is 829. The Morgan fingerprint density at radius 2 is 1.86 bits per heavy atom. The van der Waals surface area contributed by atoms with Crippen molar-refractivity contribution in [1.82, 2.24) is 10.2 Å². The lowest BCUT2D eigenvalue weighted by Crippen LogP contribution is -2.50. The number of halogens is 2. The minimum Gasteiger partial charge on any atom is -0.379 e. The standard InChI is InChI=1S/C20H24Cl2N4O2/c1-13(27)20(23)14-4-2-6-16(14)24-12-18(28)26-10-8-25(9-11-26)17-7-3-5-15(21)19(17)22/h3,5,7,23-24H,2,4,6,8-12H2,1H3. The van der Waals surface area contributed by atoms with Crippen LogP contribution in [0.1, 0.15) is 26.2 Å². The van der Waals surface area contributed by atoms with Crippen molar-refractivity contribution in [3.05, 3.63) is 39.5 Å². The van der Waals surface area contributed by atoms with E-state index in [0.29, 0.717) is 42.6 Å². The first-order valence-corrected chi connectivity index (χ1v) is 10.2. The fraction of sp³-hybridized carbons (Fsp3) is 0.450. The van der Waals surface area contributed by atoms with Crippen molar-refractivity contribution in [2.75, 3.05) is 37.6 Å². The van der Waals surface area contributed by atoms with Crippen molar-refractivity contribution in [3.8, 4) is 0 Å². The van der Waals surface area contributed by atoms with Gasteiger partial charge in [-0.1, -0.05) is 29.3 Å². The number of piperazine rings is 1. The molecule has 0 atom stereocenters. The van der Waals surface area contributed by atoms with Crippen molar-refractivity contribution >= 4 is 46.3 Å². The zero-order valence-electron chi connectivity index (χ0n) is 15.9. The van der Waals surface area contributed by atoms with Crippen LogP contribution in [0, 0.1) is 5.41 Å². The number of benzene rings is 1. The van der Waals surface area contributed by atoms with Crippen LogP contribution in [-0.2, 0) is 9.59 Å². The summed E-state index contributed by atoms with van der Waals surface area (Å²) in [5.41, 5.74) is 2.56. The number of rotatable bonds is 6. The van der Waals surface area contributed by atoms with Crippen molar-refractivity contribution in [3.63, 3.8) is 0 Å². The number of Topliss-reactive ketones (excluding diaryl/α,β-unsaturated/α-hetero) is 1. The van der Waals surface area contributed by atoms with E-state index in [1.54, 1.807) is 6.07 Å². The molecule has 0 bridgehead atoms. The van der Waals surface area contributed by atoms with Crippen LogP contribution in [0.4, 0.5) is 5.69 Å². The van der Waals surface area contributed by atoms with Crippen LogP contribution in [0.5, 0.6) is 0 Å². The Balaban J connectivity index is 1.54. The highest BCUT2D eigenvalue weighted by molar-refractivity contribution is 6.44. The molecule has 6 nitrogen and oxygen atoms in total. The smallest absolute Gasteiger partial charge is 0.241 e. The molecule has 8 heteroatoms. The number of carbonyl (C=O) groups is 2. The Labute approximate surface area is 175 Å². The quantitative estimate of drug-likeness (QED) is 0.689. The number of amides is 1. The lowest BCUT2D eigenvalue weighted by atomic mass is 10.1. The van der Waals surface area contributed by atoms with Gasteiger partial charge in [-0.25, -0.2) is 0 Å². The maximum absolute atomic E-state index is 12.6. The number of hydrogen-bond donors (Lipinski definition) is 2. The molecule has 28 heavy (non-hydrogen) atoms. The Morgan fingerprint density at radius 1 is 1.14 bits per heavy atom. The molecule has 0 saturated carbocycles. The molecule has 1 aromatic rings. The van der Waals surface area contributed by atoms with Gasteiger partial charge in [-0.2, -0.15) is 0 Å². The summed E-state index contributed by atoms with van der Waals surface area (Å²) in [6.45, 7) is 4.19.